The van der Waals surface area contributed by atoms with Gasteiger partial charge in [-0.3, -0.25) is 4.79 Å². The predicted octanol–water partition coefficient (Wildman–Crippen LogP) is 2.00. The number of carbonyl (C=O) groups is 1. The summed E-state index contributed by atoms with van der Waals surface area (Å²) < 4.78 is 10.6. The van der Waals surface area contributed by atoms with Gasteiger partial charge in [0, 0.05) is 0 Å². The van der Waals surface area contributed by atoms with E-state index >= 15 is 0 Å². The number of aldehydes is 1. The van der Waals surface area contributed by atoms with Gasteiger partial charge < -0.3 is 14.6 Å². The number of carbonyl (C=O) groups excluding carboxylic acids is 1. The summed E-state index contributed by atoms with van der Waals surface area (Å²) >= 11 is 0. The lowest BCUT2D eigenvalue weighted by molar-refractivity contribution is 0.111. The minimum Gasteiger partial charge on any atom is -0.504 e. The molecule has 0 aliphatic heterocycles. The van der Waals surface area contributed by atoms with Crippen molar-refractivity contribution in [2.45, 2.75) is 12.8 Å². The Morgan fingerprint density at radius 1 is 1.44 bits per heavy atom. The highest BCUT2D eigenvalue weighted by atomic mass is 16.5. The van der Waals surface area contributed by atoms with E-state index in [1.54, 1.807) is 0 Å². The second-order valence-electron chi connectivity index (χ2n) is 3.91. The summed E-state index contributed by atoms with van der Waals surface area (Å²) in [5.41, 5.74) is 0.381. The lowest BCUT2D eigenvalue weighted by atomic mass is 10.2. The SMILES string of the molecule is COc1c(C=O)ccc(O)c1OCC1CC1. The van der Waals surface area contributed by atoms with Crippen molar-refractivity contribution < 1.29 is 19.4 Å². The van der Waals surface area contributed by atoms with Crippen molar-refractivity contribution >= 4 is 6.29 Å². The molecule has 1 aromatic rings. The molecule has 1 aliphatic rings. The van der Waals surface area contributed by atoms with Crippen LogP contribution in [0.2, 0.25) is 0 Å². The molecule has 16 heavy (non-hydrogen) atoms. The van der Waals surface area contributed by atoms with Gasteiger partial charge in [0.1, 0.15) is 0 Å². The van der Waals surface area contributed by atoms with E-state index in [-0.39, 0.29) is 11.5 Å². The van der Waals surface area contributed by atoms with E-state index in [1.807, 2.05) is 0 Å². The van der Waals surface area contributed by atoms with Crippen LogP contribution in [0, 0.1) is 5.92 Å². The summed E-state index contributed by atoms with van der Waals surface area (Å²) in [6.45, 7) is 0.562. The molecule has 1 saturated carbocycles. The third kappa shape index (κ3) is 2.10. The second kappa shape index (κ2) is 4.43. The van der Waals surface area contributed by atoms with E-state index in [4.69, 9.17) is 9.47 Å². The summed E-state index contributed by atoms with van der Waals surface area (Å²) in [5.74, 6) is 1.14. The van der Waals surface area contributed by atoms with Gasteiger partial charge >= 0.3 is 0 Å². The molecule has 1 N–H and O–H groups in total. The monoisotopic (exact) mass is 222 g/mol. The van der Waals surface area contributed by atoms with E-state index < -0.39 is 0 Å². The van der Waals surface area contributed by atoms with Crippen LogP contribution in [0.4, 0.5) is 0 Å². The fraction of sp³-hybridized carbons (Fsp3) is 0.417. The van der Waals surface area contributed by atoms with Crippen molar-refractivity contribution in [3.63, 3.8) is 0 Å². The highest BCUT2D eigenvalue weighted by Crippen LogP contribution is 2.40. The third-order valence-corrected chi connectivity index (χ3v) is 2.61. The molecule has 1 fully saturated rings. The van der Waals surface area contributed by atoms with Gasteiger partial charge in [0.15, 0.2) is 17.8 Å². The molecular formula is C12H14O4. The minimum atomic E-state index is 0.00287. The Hall–Kier alpha value is -1.71. The first-order chi connectivity index (χ1) is 7.76. The van der Waals surface area contributed by atoms with E-state index in [0.29, 0.717) is 30.1 Å². The summed E-state index contributed by atoms with van der Waals surface area (Å²) in [6.07, 6.45) is 3.01. The molecule has 2 rings (SSSR count). The van der Waals surface area contributed by atoms with Crippen molar-refractivity contribution in [3.8, 4) is 17.2 Å². The number of phenols is 1. The number of methoxy groups -OCH3 is 1. The molecule has 0 aromatic heterocycles. The molecule has 4 heteroatoms. The number of hydrogen-bond donors (Lipinski definition) is 1. The topological polar surface area (TPSA) is 55.8 Å². The number of ether oxygens (including phenoxy) is 2. The molecule has 0 radical (unpaired) electrons. The molecular weight excluding hydrogens is 208 g/mol. The van der Waals surface area contributed by atoms with Crippen LogP contribution in [0.5, 0.6) is 17.2 Å². The van der Waals surface area contributed by atoms with Gasteiger partial charge in [-0.2, -0.15) is 0 Å². The first-order valence-electron chi connectivity index (χ1n) is 5.24. The van der Waals surface area contributed by atoms with E-state index in [2.05, 4.69) is 0 Å². The molecule has 1 aromatic carbocycles. The zero-order valence-corrected chi connectivity index (χ0v) is 9.10. The van der Waals surface area contributed by atoms with E-state index in [0.717, 1.165) is 12.8 Å². The van der Waals surface area contributed by atoms with E-state index in [1.165, 1.54) is 19.2 Å². The van der Waals surface area contributed by atoms with Crippen LogP contribution in [0.1, 0.15) is 23.2 Å². The largest absolute Gasteiger partial charge is 0.504 e. The Morgan fingerprint density at radius 3 is 2.75 bits per heavy atom. The van der Waals surface area contributed by atoms with Crippen LogP contribution in [0.15, 0.2) is 12.1 Å². The molecule has 0 heterocycles. The van der Waals surface area contributed by atoms with Crippen LogP contribution in [-0.4, -0.2) is 25.1 Å². The Kier molecular flexibility index (Phi) is 2.99. The number of rotatable bonds is 5. The Labute approximate surface area is 93.8 Å². The number of phenolic OH excluding ortho intramolecular Hbond substituents is 1. The molecule has 4 nitrogen and oxygen atoms in total. The normalized spacial score (nSPS) is 14.6. The smallest absolute Gasteiger partial charge is 0.204 e. The Morgan fingerprint density at radius 2 is 2.19 bits per heavy atom. The van der Waals surface area contributed by atoms with Crippen LogP contribution < -0.4 is 9.47 Å². The van der Waals surface area contributed by atoms with Crippen LogP contribution in [-0.2, 0) is 0 Å². The minimum absolute atomic E-state index is 0.00287. The molecule has 0 amide bonds. The molecule has 0 unspecified atom stereocenters. The van der Waals surface area contributed by atoms with Gasteiger partial charge in [-0.15, -0.1) is 0 Å². The highest BCUT2D eigenvalue weighted by molar-refractivity contribution is 5.82. The molecule has 0 atom stereocenters. The number of benzene rings is 1. The standard InChI is InChI=1S/C12H14O4/c1-15-11-9(6-13)4-5-10(14)12(11)16-7-8-2-3-8/h4-6,8,14H,2-3,7H2,1H3. The van der Waals surface area contributed by atoms with Gasteiger partial charge in [-0.05, 0) is 30.9 Å². The van der Waals surface area contributed by atoms with Gasteiger partial charge in [-0.25, -0.2) is 0 Å². The van der Waals surface area contributed by atoms with Gasteiger partial charge in [0.2, 0.25) is 5.75 Å². The summed E-state index contributed by atoms with van der Waals surface area (Å²) in [5, 5.41) is 9.65. The van der Waals surface area contributed by atoms with Crippen LogP contribution >= 0.6 is 0 Å². The van der Waals surface area contributed by atoms with Crippen molar-refractivity contribution in [1.29, 1.82) is 0 Å². The zero-order valence-electron chi connectivity index (χ0n) is 9.10. The van der Waals surface area contributed by atoms with Crippen LogP contribution in [0.3, 0.4) is 0 Å². The van der Waals surface area contributed by atoms with Crippen molar-refractivity contribution in [3.05, 3.63) is 17.7 Å². The van der Waals surface area contributed by atoms with Gasteiger partial charge in [0.25, 0.3) is 0 Å². The number of hydrogen-bond acceptors (Lipinski definition) is 4. The maximum absolute atomic E-state index is 10.8. The molecule has 0 bridgehead atoms. The quantitative estimate of drug-likeness (QED) is 0.774. The van der Waals surface area contributed by atoms with Crippen molar-refractivity contribution in [2.24, 2.45) is 5.92 Å². The second-order valence-corrected chi connectivity index (χ2v) is 3.91. The fourth-order valence-corrected chi connectivity index (χ4v) is 1.50. The van der Waals surface area contributed by atoms with Crippen molar-refractivity contribution in [2.75, 3.05) is 13.7 Å². The summed E-state index contributed by atoms with van der Waals surface area (Å²) in [6, 6.07) is 2.94. The molecule has 1 aliphatic carbocycles. The average molecular weight is 222 g/mol. The summed E-state index contributed by atoms with van der Waals surface area (Å²) in [4.78, 5) is 10.8. The van der Waals surface area contributed by atoms with Crippen LogP contribution in [0.25, 0.3) is 0 Å². The maximum Gasteiger partial charge on any atom is 0.204 e. The predicted molar refractivity (Wildman–Crippen MR) is 58.3 cm³/mol. The zero-order chi connectivity index (χ0) is 11.5. The third-order valence-electron chi connectivity index (χ3n) is 2.61. The Balaban J connectivity index is 2.26. The first kappa shape index (κ1) is 10.8. The Bertz CT molecular complexity index is 396. The average Bonchev–Trinajstić information content (AvgIpc) is 3.10. The van der Waals surface area contributed by atoms with Crippen molar-refractivity contribution in [1.82, 2.24) is 0 Å². The number of aromatic hydroxyl groups is 1. The fourth-order valence-electron chi connectivity index (χ4n) is 1.50. The first-order valence-corrected chi connectivity index (χ1v) is 5.24. The summed E-state index contributed by atoms with van der Waals surface area (Å²) in [7, 11) is 1.45. The molecule has 86 valence electrons. The molecule has 0 spiro atoms. The highest BCUT2D eigenvalue weighted by Gasteiger charge is 2.24. The van der Waals surface area contributed by atoms with Gasteiger partial charge in [0.05, 0.1) is 19.3 Å². The maximum atomic E-state index is 10.8. The van der Waals surface area contributed by atoms with E-state index in [9.17, 15) is 9.90 Å². The lowest BCUT2D eigenvalue weighted by Crippen LogP contribution is -2.02. The molecule has 0 saturated heterocycles. The van der Waals surface area contributed by atoms with Gasteiger partial charge in [-0.1, -0.05) is 0 Å². The lowest BCUT2D eigenvalue weighted by Gasteiger charge is -2.13.